The number of nitrogens with one attached hydrogen (secondary N) is 1. The van der Waals surface area contributed by atoms with E-state index in [1.807, 2.05) is 20.9 Å². The molecule has 0 atom stereocenters. The number of anilines is 1. The van der Waals surface area contributed by atoms with Crippen LogP contribution in [0.25, 0.3) is 0 Å². The first-order valence-corrected chi connectivity index (χ1v) is 8.30. The highest BCUT2D eigenvalue weighted by Crippen LogP contribution is 2.38. The number of nitrogens with zero attached hydrogens (tertiary/aromatic N) is 3. The summed E-state index contributed by atoms with van der Waals surface area (Å²) < 4.78 is 7.32. The zero-order valence-corrected chi connectivity index (χ0v) is 14.2. The Morgan fingerprint density at radius 2 is 2.26 bits per heavy atom. The predicted molar refractivity (Wildman–Crippen MR) is 87.9 cm³/mol. The summed E-state index contributed by atoms with van der Waals surface area (Å²) in [5.74, 6) is 0.376. The summed E-state index contributed by atoms with van der Waals surface area (Å²) in [5.41, 5.74) is 3.35. The molecule has 0 saturated heterocycles. The van der Waals surface area contributed by atoms with E-state index in [1.54, 1.807) is 4.68 Å². The van der Waals surface area contributed by atoms with Crippen LogP contribution in [-0.4, -0.2) is 22.3 Å². The lowest BCUT2D eigenvalue weighted by molar-refractivity contribution is -0.118. The molecule has 1 amide bonds. The van der Waals surface area contributed by atoms with Gasteiger partial charge in [-0.2, -0.15) is 10.4 Å². The molecular weight excluding hydrogens is 312 g/mol. The largest absolute Gasteiger partial charge is 0.480 e. The third-order valence-corrected chi connectivity index (χ3v) is 5.28. The number of aromatic nitrogens is 2. The van der Waals surface area contributed by atoms with E-state index in [4.69, 9.17) is 4.74 Å². The highest BCUT2D eigenvalue weighted by Gasteiger charge is 2.23. The number of hydrogen-bond acceptors (Lipinski definition) is 5. The summed E-state index contributed by atoms with van der Waals surface area (Å²) >= 11 is 1.51. The minimum Gasteiger partial charge on any atom is -0.480 e. The number of hydrogen-bond donors (Lipinski definition) is 1. The molecule has 0 saturated carbocycles. The molecule has 120 valence electrons. The van der Waals surface area contributed by atoms with Crippen LogP contribution in [0.1, 0.15) is 33.8 Å². The summed E-state index contributed by atoms with van der Waals surface area (Å²) in [5, 5.41) is 17.0. The summed E-state index contributed by atoms with van der Waals surface area (Å²) in [6.07, 6.45) is 3.01. The van der Waals surface area contributed by atoms with Crippen LogP contribution in [0.3, 0.4) is 0 Å². The van der Waals surface area contributed by atoms with E-state index in [1.165, 1.54) is 16.2 Å². The van der Waals surface area contributed by atoms with Crippen molar-refractivity contribution in [1.82, 2.24) is 9.78 Å². The molecule has 7 heteroatoms. The maximum Gasteiger partial charge on any atom is 0.262 e. The summed E-state index contributed by atoms with van der Waals surface area (Å²) in [4.78, 5) is 13.4. The van der Waals surface area contributed by atoms with Crippen LogP contribution in [0.15, 0.2) is 0 Å². The van der Waals surface area contributed by atoms with E-state index in [2.05, 4.69) is 16.5 Å². The van der Waals surface area contributed by atoms with Gasteiger partial charge in [0.15, 0.2) is 12.4 Å². The third-order valence-electron chi connectivity index (χ3n) is 4.08. The molecule has 1 N–H and O–H groups in total. The van der Waals surface area contributed by atoms with Crippen LogP contribution in [0.5, 0.6) is 5.75 Å². The van der Waals surface area contributed by atoms with Gasteiger partial charge in [-0.25, -0.2) is 0 Å². The number of fused-ring (bicyclic) bond motifs is 1. The monoisotopic (exact) mass is 330 g/mol. The molecule has 1 aliphatic carbocycles. The highest BCUT2D eigenvalue weighted by atomic mass is 32.1. The molecule has 1 aliphatic rings. The van der Waals surface area contributed by atoms with Crippen molar-refractivity contribution >= 4 is 22.2 Å². The quantitative estimate of drug-likeness (QED) is 0.934. The number of rotatable bonds is 4. The van der Waals surface area contributed by atoms with Crippen LogP contribution in [0.2, 0.25) is 0 Å². The highest BCUT2D eigenvalue weighted by molar-refractivity contribution is 7.16. The Kier molecular flexibility index (Phi) is 4.09. The zero-order chi connectivity index (χ0) is 16.6. The molecule has 0 fully saturated rings. The van der Waals surface area contributed by atoms with Gasteiger partial charge in [0.25, 0.3) is 5.91 Å². The SMILES string of the molecule is Cc1nn(C)c(C)c1OCC(=O)Nc1sc2c(c1C#N)CCC2. The van der Waals surface area contributed by atoms with Gasteiger partial charge >= 0.3 is 0 Å². The van der Waals surface area contributed by atoms with E-state index < -0.39 is 0 Å². The number of aryl methyl sites for hydroxylation is 3. The maximum atomic E-state index is 12.1. The molecule has 0 bridgehead atoms. The molecule has 2 heterocycles. The number of ether oxygens (including phenoxy) is 1. The van der Waals surface area contributed by atoms with Crippen molar-refractivity contribution in [2.24, 2.45) is 7.05 Å². The van der Waals surface area contributed by atoms with E-state index >= 15 is 0 Å². The average molecular weight is 330 g/mol. The van der Waals surface area contributed by atoms with Crippen molar-refractivity contribution < 1.29 is 9.53 Å². The second-order valence-corrected chi connectivity index (χ2v) is 6.74. The third kappa shape index (κ3) is 2.82. The first-order valence-electron chi connectivity index (χ1n) is 7.48. The first kappa shape index (κ1) is 15.6. The molecular formula is C16H18N4O2S. The Morgan fingerprint density at radius 1 is 1.48 bits per heavy atom. The molecule has 0 spiro atoms. The van der Waals surface area contributed by atoms with Crippen molar-refractivity contribution in [2.75, 3.05) is 11.9 Å². The molecule has 0 aromatic carbocycles. The number of amides is 1. The van der Waals surface area contributed by atoms with Crippen LogP contribution >= 0.6 is 11.3 Å². The second kappa shape index (κ2) is 6.05. The Bertz CT molecular complexity index is 813. The summed E-state index contributed by atoms with van der Waals surface area (Å²) in [6, 6.07) is 2.22. The molecule has 2 aromatic heterocycles. The Labute approximate surface area is 138 Å². The molecule has 0 unspecified atom stereocenters. The van der Waals surface area contributed by atoms with Gasteiger partial charge in [-0.3, -0.25) is 9.48 Å². The zero-order valence-electron chi connectivity index (χ0n) is 13.4. The smallest absolute Gasteiger partial charge is 0.262 e. The van der Waals surface area contributed by atoms with Crippen LogP contribution < -0.4 is 10.1 Å². The lowest BCUT2D eigenvalue weighted by Crippen LogP contribution is -2.20. The minimum absolute atomic E-state index is 0.0964. The summed E-state index contributed by atoms with van der Waals surface area (Å²) in [6.45, 7) is 3.64. The number of thiophene rings is 1. The average Bonchev–Trinajstić information content (AvgIpc) is 3.13. The maximum absolute atomic E-state index is 12.1. The fourth-order valence-corrected chi connectivity index (χ4v) is 4.13. The predicted octanol–water partition coefficient (Wildman–Crippen LogP) is 2.48. The number of carbonyl (C=O) groups excluding carboxylic acids is 1. The van der Waals surface area contributed by atoms with Crippen molar-refractivity contribution in [3.8, 4) is 11.8 Å². The molecule has 6 nitrogen and oxygen atoms in total. The van der Waals surface area contributed by atoms with E-state index in [-0.39, 0.29) is 12.5 Å². The van der Waals surface area contributed by atoms with Gasteiger partial charge < -0.3 is 10.1 Å². The van der Waals surface area contributed by atoms with Crippen LogP contribution in [0.4, 0.5) is 5.00 Å². The lowest BCUT2D eigenvalue weighted by Gasteiger charge is -2.07. The van der Waals surface area contributed by atoms with Crippen LogP contribution in [-0.2, 0) is 24.7 Å². The Hall–Kier alpha value is -2.33. The first-order chi connectivity index (χ1) is 11.0. The fraction of sp³-hybridized carbons (Fsp3) is 0.438. The Morgan fingerprint density at radius 3 is 2.91 bits per heavy atom. The normalized spacial score (nSPS) is 12.8. The van der Waals surface area contributed by atoms with Crippen LogP contribution in [0, 0.1) is 25.2 Å². The van der Waals surface area contributed by atoms with Gasteiger partial charge in [0.2, 0.25) is 0 Å². The van der Waals surface area contributed by atoms with Gasteiger partial charge in [0.05, 0.1) is 11.3 Å². The molecule has 23 heavy (non-hydrogen) atoms. The van der Waals surface area contributed by atoms with Crippen molar-refractivity contribution in [3.63, 3.8) is 0 Å². The number of carbonyl (C=O) groups is 1. The van der Waals surface area contributed by atoms with Gasteiger partial charge in [0.1, 0.15) is 16.8 Å². The van der Waals surface area contributed by atoms with Gasteiger partial charge in [-0.1, -0.05) is 0 Å². The molecule has 0 radical (unpaired) electrons. The van der Waals surface area contributed by atoms with E-state index in [9.17, 15) is 10.1 Å². The molecule has 2 aromatic rings. The standard InChI is InChI=1S/C16H18N4O2S/c1-9-15(10(2)20(3)19-9)22-8-14(21)18-16-12(7-17)11-5-4-6-13(11)23-16/h4-6,8H2,1-3H3,(H,18,21). The lowest BCUT2D eigenvalue weighted by atomic mass is 10.1. The second-order valence-electron chi connectivity index (χ2n) is 5.63. The molecule has 0 aliphatic heterocycles. The van der Waals surface area contributed by atoms with Gasteiger partial charge in [0, 0.05) is 11.9 Å². The van der Waals surface area contributed by atoms with E-state index in [0.29, 0.717) is 16.3 Å². The summed E-state index contributed by atoms with van der Waals surface area (Å²) in [7, 11) is 1.83. The van der Waals surface area contributed by atoms with Crippen molar-refractivity contribution in [1.29, 1.82) is 5.26 Å². The Balaban J connectivity index is 1.68. The van der Waals surface area contributed by atoms with Crippen molar-refractivity contribution in [3.05, 3.63) is 27.4 Å². The molecule has 3 rings (SSSR count). The topological polar surface area (TPSA) is 79.9 Å². The minimum atomic E-state index is -0.260. The van der Waals surface area contributed by atoms with Gasteiger partial charge in [-0.05, 0) is 38.7 Å². The van der Waals surface area contributed by atoms with E-state index in [0.717, 1.165) is 36.2 Å². The number of nitriles is 1. The van der Waals surface area contributed by atoms with Crippen molar-refractivity contribution in [2.45, 2.75) is 33.1 Å². The fourth-order valence-electron chi connectivity index (χ4n) is 2.87. The van der Waals surface area contributed by atoms with Gasteiger partial charge in [-0.15, -0.1) is 11.3 Å².